The monoisotopic (exact) mass is 295 g/mol. The Morgan fingerprint density at radius 2 is 2.22 bits per heavy atom. The van der Waals surface area contributed by atoms with Crippen molar-refractivity contribution in [2.75, 3.05) is 0 Å². The predicted octanol–water partition coefficient (Wildman–Crippen LogP) is 3.80. The smallest absolute Gasteiger partial charge is 0.104 e. The molecule has 0 bridgehead atoms. The first kappa shape index (κ1) is 12.9. The highest BCUT2D eigenvalue weighted by atomic mass is 35.5. The lowest BCUT2D eigenvalue weighted by molar-refractivity contribution is 1.31. The number of thiophene rings is 1. The Bertz CT molecular complexity index is 641. The summed E-state index contributed by atoms with van der Waals surface area (Å²) in [6.45, 7) is 0. The van der Waals surface area contributed by atoms with E-state index >= 15 is 0 Å². The standard InChI is InChI=1S/C12H7Cl2N3S/c13-10-4-8(12(14)18-10)11(16)9(5-15)7-2-1-3-17-6-7/h1-4,6H,16H2/b11-9-. The van der Waals surface area contributed by atoms with Crippen molar-refractivity contribution < 1.29 is 0 Å². The zero-order valence-electron chi connectivity index (χ0n) is 9.02. The lowest BCUT2D eigenvalue weighted by atomic mass is 10.0. The van der Waals surface area contributed by atoms with Crippen molar-refractivity contribution >= 4 is 45.8 Å². The fraction of sp³-hybridized carbons (Fsp3) is 0. The summed E-state index contributed by atoms with van der Waals surface area (Å²) in [4.78, 5) is 3.96. The van der Waals surface area contributed by atoms with Crippen molar-refractivity contribution in [3.05, 3.63) is 50.4 Å². The quantitative estimate of drug-likeness (QED) is 0.857. The van der Waals surface area contributed by atoms with Crippen molar-refractivity contribution in [1.29, 1.82) is 5.26 Å². The maximum absolute atomic E-state index is 9.22. The van der Waals surface area contributed by atoms with Crippen LogP contribution in [0.4, 0.5) is 0 Å². The summed E-state index contributed by atoms with van der Waals surface area (Å²) in [5.74, 6) is 0. The fourth-order valence-electron chi connectivity index (χ4n) is 1.45. The summed E-state index contributed by atoms with van der Waals surface area (Å²) in [5.41, 5.74) is 7.85. The van der Waals surface area contributed by atoms with Crippen LogP contribution in [0, 0.1) is 11.3 Å². The van der Waals surface area contributed by atoms with Crippen molar-refractivity contribution in [2.24, 2.45) is 5.73 Å². The van der Waals surface area contributed by atoms with Gasteiger partial charge in [-0.05, 0) is 12.1 Å². The van der Waals surface area contributed by atoms with Gasteiger partial charge in [0.15, 0.2) is 0 Å². The number of nitrogens with zero attached hydrogens (tertiary/aromatic N) is 2. The van der Waals surface area contributed by atoms with E-state index in [9.17, 15) is 5.26 Å². The Labute approximate surface area is 118 Å². The average molecular weight is 296 g/mol. The number of rotatable bonds is 2. The molecule has 2 heterocycles. The minimum atomic E-state index is 0.304. The maximum Gasteiger partial charge on any atom is 0.104 e. The highest BCUT2D eigenvalue weighted by Crippen LogP contribution is 2.36. The Hall–Kier alpha value is -1.54. The van der Waals surface area contributed by atoms with Crippen LogP contribution in [0.3, 0.4) is 0 Å². The second-order valence-electron chi connectivity index (χ2n) is 3.38. The molecule has 0 unspecified atom stereocenters. The molecule has 6 heteroatoms. The fourth-order valence-corrected chi connectivity index (χ4v) is 2.94. The Kier molecular flexibility index (Phi) is 3.87. The molecule has 0 radical (unpaired) electrons. The molecule has 18 heavy (non-hydrogen) atoms. The van der Waals surface area contributed by atoms with Crippen LogP contribution in [0.15, 0.2) is 30.6 Å². The van der Waals surface area contributed by atoms with Gasteiger partial charge in [-0.1, -0.05) is 29.3 Å². The first-order valence-electron chi connectivity index (χ1n) is 4.89. The van der Waals surface area contributed by atoms with Gasteiger partial charge in [0.2, 0.25) is 0 Å². The molecular weight excluding hydrogens is 289 g/mol. The largest absolute Gasteiger partial charge is 0.397 e. The highest BCUT2D eigenvalue weighted by Gasteiger charge is 2.14. The van der Waals surface area contributed by atoms with Crippen molar-refractivity contribution in [3.8, 4) is 6.07 Å². The number of hydrogen-bond donors (Lipinski definition) is 1. The molecule has 0 saturated heterocycles. The molecule has 0 spiro atoms. The second kappa shape index (κ2) is 5.40. The molecule has 90 valence electrons. The molecule has 0 aliphatic carbocycles. The summed E-state index contributed by atoms with van der Waals surface area (Å²) in [6.07, 6.45) is 3.20. The minimum Gasteiger partial charge on any atom is -0.397 e. The number of pyridine rings is 1. The Morgan fingerprint density at radius 1 is 1.44 bits per heavy atom. The highest BCUT2D eigenvalue weighted by molar-refractivity contribution is 7.20. The van der Waals surface area contributed by atoms with Crippen molar-refractivity contribution in [2.45, 2.75) is 0 Å². The zero-order valence-corrected chi connectivity index (χ0v) is 11.4. The number of allylic oxidation sites excluding steroid dienone is 1. The topological polar surface area (TPSA) is 62.7 Å². The molecule has 2 aromatic heterocycles. The average Bonchev–Trinajstić information content (AvgIpc) is 2.70. The van der Waals surface area contributed by atoms with Gasteiger partial charge in [-0.25, -0.2) is 0 Å². The first-order valence-corrected chi connectivity index (χ1v) is 6.46. The lowest BCUT2D eigenvalue weighted by Crippen LogP contribution is -2.00. The maximum atomic E-state index is 9.22. The normalized spacial score (nSPS) is 11.8. The Balaban J connectivity index is 2.58. The van der Waals surface area contributed by atoms with E-state index in [1.807, 2.05) is 0 Å². The van der Waals surface area contributed by atoms with E-state index in [1.54, 1.807) is 30.6 Å². The van der Waals surface area contributed by atoms with Crippen LogP contribution in [0.2, 0.25) is 8.67 Å². The van der Waals surface area contributed by atoms with Crippen molar-refractivity contribution in [3.63, 3.8) is 0 Å². The van der Waals surface area contributed by atoms with E-state index in [0.717, 1.165) is 0 Å². The van der Waals surface area contributed by atoms with Gasteiger partial charge in [-0.3, -0.25) is 4.98 Å². The van der Waals surface area contributed by atoms with Crippen molar-refractivity contribution in [1.82, 2.24) is 4.98 Å². The second-order valence-corrected chi connectivity index (χ2v) is 5.67. The summed E-state index contributed by atoms with van der Waals surface area (Å²) in [5, 5.41) is 9.22. The summed E-state index contributed by atoms with van der Waals surface area (Å²) in [6, 6.07) is 7.22. The van der Waals surface area contributed by atoms with Crippen LogP contribution in [-0.2, 0) is 0 Å². The van der Waals surface area contributed by atoms with Gasteiger partial charge in [-0.15, -0.1) is 11.3 Å². The van der Waals surface area contributed by atoms with Crippen LogP contribution >= 0.6 is 34.5 Å². The minimum absolute atomic E-state index is 0.304. The number of hydrogen-bond acceptors (Lipinski definition) is 4. The number of nitriles is 1. The van der Waals surface area contributed by atoms with Gasteiger partial charge < -0.3 is 5.73 Å². The summed E-state index contributed by atoms with van der Waals surface area (Å²) < 4.78 is 0.996. The van der Waals surface area contributed by atoms with Gasteiger partial charge in [0, 0.05) is 23.5 Å². The zero-order chi connectivity index (χ0) is 13.1. The van der Waals surface area contributed by atoms with E-state index < -0.39 is 0 Å². The van der Waals surface area contributed by atoms with Crippen LogP contribution in [0.1, 0.15) is 11.1 Å². The van der Waals surface area contributed by atoms with E-state index in [4.69, 9.17) is 28.9 Å². The van der Waals surface area contributed by atoms with E-state index in [-0.39, 0.29) is 0 Å². The molecule has 0 saturated carbocycles. The van der Waals surface area contributed by atoms with E-state index in [2.05, 4.69) is 11.1 Å². The molecule has 0 fully saturated rings. The molecule has 3 nitrogen and oxygen atoms in total. The SMILES string of the molecule is N#C/C(=C(/N)c1cc(Cl)sc1Cl)c1cccnc1. The molecule has 2 rings (SSSR count). The molecule has 0 atom stereocenters. The summed E-state index contributed by atoms with van der Waals surface area (Å²) >= 11 is 13.1. The molecule has 0 aliphatic heterocycles. The van der Waals surface area contributed by atoms with Crippen LogP contribution < -0.4 is 5.73 Å². The van der Waals surface area contributed by atoms with Gasteiger partial charge in [-0.2, -0.15) is 5.26 Å². The molecule has 0 amide bonds. The van der Waals surface area contributed by atoms with Crippen LogP contribution in [0.25, 0.3) is 11.3 Å². The number of halogens is 2. The molecule has 2 N–H and O–H groups in total. The third-order valence-electron chi connectivity index (χ3n) is 2.28. The molecular formula is C12H7Cl2N3S. The van der Waals surface area contributed by atoms with Gasteiger partial charge in [0.05, 0.1) is 15.6 Å². The Morgan fingerprint density at radius 3 is 2.72 bits per heavy atom. The number of nitrogens with two attached hydrogens (primary N) is 1. The van der Waals surface area contributed by atoms with Gasteiger partial charge in [0.25, 0.3) is 0 Å². The van der Waals surface area contributed by atoms with Crippen LogP contribution in [-0.4, -0.2) is 4.98 Å². The van der Waals surface area contributed by atoms with Gasteiger partial charge in [0.1, 0.15) is 10.4 Å². The molecule has 0 aliphatic rings. The summed E-state index contributed by atoms with van der Waals surface area (Å²) in [7, 11) is 0. The van der Waals surface area contributed by atoms with E-state index in [1.165, 1.54) is 11.3 Å². The first-order chi connectivity index (χ1) is 8.63. The molecule has 2 aromatic rings. The van der Waals surface area contributed by atoms with E-state index in [0.29, 0.717) is 31.1 Å². The van der Waals surface area contributed by atoms with Gasteiger partial charge >= 0.3 is 0 Å². The third-order valence-corrected chi connectivity index (χ3v) is 3.77. The van der Waals surface area contributed by atoms with Crippen LogP contribution in [0.5, 0.6) is 0 Å². The molecule has 0 aromatic carbocycles. The number of aromatic nitrogens is 1. The third kappa shape index (κ3) is 2.49. The predicted molar refractivity (Wildman–Crippen MR) is 75.2 cm³/mol. The lowest BCUT2D eigenvalue weighted by Gasteiger charge is -2.04.